The minimum atomic E-state index is -4.41. The second-order valence-corrected chi connectivity index (χ2v) is 5.07. The monoisotopic (exact) mass is 361 g/mol. The van der Waals surface area contributed by atoms with Crippen LogP contribution in [-0.4, -0.2) is 7.05 Å². The van der Waals surface area contributed by atoms with Gasteiger partial charge in [-0.15, -0.1) is 0 Å². The number of alkyl halides is 4. The van der Waals surface area contributed by atoms with Crippen molar-refractivity contribution in [1.29, 1.82) is 0 Å². The number of halogens is 5. The van der Waals surface area contributed by atoms with Crippen LogP contribution in [0.3, 0.4) is 0 Å². The van der Waals surface area contributed by atoms with Gasteiger partial charge in [0.15, 0.2) is 0 Å². The largest absolute Gasteiger partial charge is 0.416 e. The standard InChI is InChI=1S/C15H12BrF4N/c1-21(12-6-3-11(17)4-7-12)13-5-2-10(9-16)14(8-13)15(18,19)20/h2-8H,9H2,1H3. The summed E-state index contributed by atoms with van der Waals surface area (Å²) in [5.41, 5.74) is 0.499. The van der Waals surface area contributed by atoms with Gasteiger partial charge in [0, 0.05) is 23.8 Å². The normalized spacial score (nSPS) is 11.5. The van der Waals surface area contributed by atoms with Gasteiger partial charge in [-0.05, 0) is 42.0 Å². The molecule has 6 heteroatoms. The molecular formula is C15H12BrF4N. The second-order valence-electron chi connectivity index (χ2n) is 4.51. The first-order chi connectivity index (χ1) is 9.82. The summed E-state index contributed by atoms with van der Waals surface area (Å²) >= 11 is 3.06. The highest BCUT2D eigenvalue weighted by molar-refractivity contribution is 9.08. The summed E-state index contributed by atoms with van der Waals surface area (Å²) in [7, 11) is 1.64. The Labute approximate surface area is 128 Å². The summed E-state index contributed by atoms with van der Waals surface area (Å²) in [4.78, 5) is 1.58. The zero-order chi connectivity index (χ0) is 15.6. The van der Waals surface area contributed by atoms with Crippen molar-refractivity contribution >= 4 is 27.3 Å². The van der Waals surface area contributed by atoms with Crippen molar-refractivity contribution in [2.45, 2.75) is 11.5 Å². The lowest BCUT2D eigenvalue weighted by atomic mass is 10.1. The molecule has 0 saturated heterocycles. The average molecular weight is 362 g/mol. The molecule has 0 N–H and O–H groups in total. The van der Waals surface area contributed by atoms with Crippen molar-refractivity contribution in [3.8, 4) is 0 Å². The SMILES string of the molecule is CN(c1ccc(F)cc1)c1ccc(CBr)c(C(F)(F)F)c1. The fourth-order valence-electron chi connectivity index (χ4n) is 1.97. The van der Waals surface area contributed by atoms with E-state index in [4.69, 9.17) is 0 Å². The fourth-order valence-corrected chi connectivity index (χ4v) is 2.46. The van der Waals surface area contributed by atoms with E-state index in [2.05, 4.69) is 15.9 Å². The number of anilines is 2. The number of hydrogen-bond acceptors (Lipinski definition) is 1. The predicted molar refractivity (Wildman–Crippen MR) is 78.5 cm³/mol. The lowest BCUT2D eigenvalue weighted by molar-refractivity contribution is -0.138. The van der Waals surface area contributed by atoms with Gasteiger partial charge in [-0.3, -0.25) is 0 Å². The highest BCUT2D eigenvalue weighted by Crippen LogP contribution is 2.36. The zero-order valence-corrected chi connectivity index (χ0v) is 12.7. The van der Waals surface area contributed by atoms with Gasteiger partial charge in [0.1, 0.15) is 5.82 Å². The summed E-state index contributed by atoms with van der Waals surface area (Å²) in [5.74, 6) is -0.391. The van der Waals surface area contributed by atoms with Crippen molar-refractivity contribution in [3.05, 3.63) is 59.4 Å². The molecule has 2 aromatic rings. The van der Waals surface area contributed by atoms with Crippen LogP contribution in [0.5, 0.6) is 0 Å². The molecule has 0 aliphatic carbocycles. The molecule has 1 nitrogen and oxygen atoms in total. The molecule has 0 heterocycles. The number of nitrogens with zero attached hydrogens (tertiary/aromatic N) is 1. The molecule has 0 aromatic heterocycles. The van der Waals surface area contributed by atoms with E-state index in [-0.39, 0.29) is 10.9 Å². The lowest BCUT2D eigenvalue weighted by Gasteiger charge is -2.22. The fraction of sp³-hybridized carbons (Fsp3) is 0.200. The van der Waals surface area contributed by atoms with Gasteiger partial charge in [-0.1, -0.05) is 22.0 Å². The van der Waals surface area contributed by atoms with E-state index in [1.54, 1.807) is 18.0 Å². The third kappa shape index (κ3) is 3.56. The van der Waals surface area contributed by atoms with Crippen LogP contribution in [0.15, 0.2) is 42.5 Å². The highest BCUT2D eigenvalue weighted by Gasteiger charge is 2.33. The first kappa shape index (κ1) is 15.8. The maximum absolute atomic E-state index is 13.0. The van der Waals surface area contributed by atoms with Crippen LogP contribution in [0.4, 0.5) is 28.9 Å². The number of hydrogen-bond donors (Lipinski definition) is 0. The molecule has 0 amide bonds. The van der Waals surface area contributed by atoms with Crippen LogP contribution in [0.25, 0.3) is 0 Å². The molecule has 0 spiro atoms. The molecule has 0 fully saturated rings. The number of benzene rings is 2. The molecule has 112 valence electrons. The Balaban J connectivity index is 2.42. The lowest BCUT2D eigenvalue weighted by Crippen LogP contribution is -2.13. The summed E-state index contributed by atoms with van der Waals surface area (Å²) in [6.45, 7) is 0. The Morgan fingerprint density at radius 1 is 1.00 bits per heavy atom. The Kier molecular flexibility index (Phi) is 4.56. The molecular weight excluding hydrogens is 350 g/mol. The van der Waals surface area contributed by atoms with E-state index < -0.39 is 17.6 Å². The van der Waals surface area contributed by atoms with Gasteiger partial charge in [0.2, 0.25) is 0 Å². The molecule has 0 aliphatic heterocycles. The Bertz CT molecular complexity index is 623. The molecule has 0 atom stereocenters. The predicted octanol–water partition coefficient (Wildman–Crippen LogP) is 5.51. The van der Waals surface area contributed by atoms with Crippen molar-refractivity contribution < 1.29 is 17.6 Å². The summed E-state index contributed by atoms with van der Waals surface area (Å²) < 4.78 is 52.0. The maximum Gasteiger partial charge on any atom is 0.416 e. The smallest absolute Gasteiger partial charge is 0.345 e. The van der Waals surface area contributed by atoms with Gasteiger partial charge >= 0.3 is 6.18 Å². The molecule has 21 heavy (non-hydrogen) atoms. The van der Waals surface area contributed by atoms with E-state index in [0.29, 0.717) is 11.4 Å². The highest BCUT2D eigenvalue weighted by atomic mass is 79.9. The molecule has 2 rings (SSSR count). The molecule has 0 bridgehead atoms. The van der Waals surface area contributed by atoms with Crippen LogP contribution in [0.1, 0.15) is 11.1 Å². The topological polar surface area (TPSA) is 3.24 Å². The van der Waals surface area contributed by atoms with Gasteiger partial charge in [0.25, 0.3) is 0 Å². The van der Waals surface area contributed by atoms with Crippen molar-refractivity contribution in [2.24, 2.45) is 0 Å². The van der Waals surface area contributed by atoms with Crippen LogP contribution in [-0.2, 0) is 11.5 Å². The van der Waals surface area contributed by atoms with Crippen LogP contribution in [0.2, 0.25) is 0 Å². The first-order valence-electron chi connectivity index (χ1n) is 6.08. The minimum Gasteiger partial charge on any atom is -0.345 e. The Hall–Kier alpha value is -1.56. The van der Waals surface area contributed by atoms with Crippen LogP contribution < -0.4 is 4.90 Å². The zero-order valence-electron chi connectivity index (χ0n) is 11.1. The summed E-state index contributed by atoms with van der Waals surface area (Å²) in [6, 6.07) is 9.71. The van der Waals surface area contributed by atoms with Gasteiger partial charge in [-0.25, -0.2) is 4.39 Å². The molecule has 0 saturated carbocycles. The summed E-state index contributed by atoms with van der Waals surface area (Å²) in [5, 5.41) is 0.127. The second kappa shape index (κ2) is 6.05. The Morgan fingerprint density at radius 3 is 2.10 bits per heavy atom. The quantitative estimate of drug-likeness (QED) is 0.514. The summed E-state index contributed by atoms with van der Waals surface area (Å²) in [6.07, 6.45) is -4.41. The van der Waals surface area contributed by atoms with E-state index in [9.17, 15) is 17.6 Å². The first-order valence-corrected chi connectivity index (χ1v) is 7.20. The van der Waals surface area contributed by atoms with Gasteiger partial charge < -0.3 is 4.90 Å². The van der Waals surface area contributed by atoms with Crippen molar-refractivity contribution in [1.82, 2.24) is 0 Å². The molecule has 0 aliphatic rings. The van der Waals surface area contributed by atoms with Crippen molar-refractivity contribution in [2.75, 3.05) is 11.9 Å². The number of rotatable bonds is 3. The molecule has 2 aromatic carbocycles. The molecule has 0 radical (unpaired) electrons. The van der Waals surface area contributed by atoms with E-state index in [1.165, 1.54) is 30.3 Å². The molecule has 0 unspecified atom stereocenters. The van der Waals surface area contributed by atoms with E-state index in [0.717, 1.165) is 6.07 Å². The van der Waals surface area contributed by atoms with Crippen LogP contribution >= 0.6 is 15.9 Å². The Morgan fingerprint density at radius 2 is 1.57 bits per heavy atom. The van der Waals surface area contributed by atoms with Crippen LogP contribution in [0, 0.1) is 5.82 Å². The van der Waals surface area contributed by atoms with Gasteiger partial charge in [0.05, 0.1) is 5.56 Å². The minimum absolute atomic E-state index is 0.127. The van der Waals surface area contributed by atoms with E-state index >= 15 is 0 Å². The third-order valence-electron chi connectivity index (χ3n) is 3.14. The van der Waals surface area contributed by atoms with Crippen molar-refractivity contribution in [3.63, 3.8) is 0 Å². The van der Waals surface area contributed by atoms with Gasteiger partial charge in [-0.2, -0.15) is 13.2 Å². The van der Waals surface area contributed by atoms with E-state index in [1.807, 2.05) is 0 Å². The average Bonchev–Trinajstić information content (AvgIpc) is 2.45. The maximum atomic E-state index is 13.0. The third-order valence-corrected chi connectivity index (χ3v) is 3.75.